The molecule has 0 spiro atoms. The molecule has 8 heteroatoms. The Bertz CT molecular complexity index is 642. The lowest BCUT2D eigenvalue weighted by Crippen LogP contribution is -2.42. The summed E-state index contributed by atoms with van der Waals surface area (Å²) in [5, 5.41) is 15.4. The van der Waals surface area contributed by atoms with E-state index in [1.807, 2.05) is 0 Å². The quantitative estimate of drug-likeness (QED) is 0.567. The van der Waals surface area contributed by atoms with Gasteiger partial charge in [-0.25, -0.2) is 4.79 Å². The standard InChI is InChI=1S/C17H20Cl2N2O4/c18-12-6-10(7-13(19)9-12)8-14(17(24)25)21-15(22)2-1-5-20-16(23)11-3-4-11/h6-7,9,11,14H,1-5,8H2,(H,20,23)(H,21,22)(H,24,25)/t14-/m1/s1. The summed E-state index contributed by atoms with van der Waals surface area (Å²) in [7, 11) is 0. The van der Waals surface area contributed by atoms with Crippen LogP contribution in [0.15, 0.2) is 18.2 Å². The number of nitrogens with one attached hydrogen (secondary N) is 2. The smallest absolute Gasteiger partial charge is 0.326 e. The summed E-state index contributed by atoms with van der Waals surface area (Å²) in [6.07, 6.45) is 2.55. The van der Waals surface area contributed by atoms with Crippen LogP contribution < -0.4 is 10.6 Å². The molecular formula is C17H20Cl2N2O4. The van der Waals surface area contributed by atoms with Crippen molar-refractivity contribution in [1.82, 2.24) is 10.6 Å². The molecule has 0 aliphatic heterocycles. The van der Waals surface area contributed by atoms with Crippen molar-refractivity contribution in [3.63, 3.8) is 0 Å². The van der Waals surface area contributed by atoms with Crippen molar-refractivity contribution in [2.45, 2.75) is 38.1 Å². The third kappa shape index (κ3) is 6.92. The lowest BCUT2D eigenvalue weighted by atomic mass is 10.1. The Kier molecular flexibility index (Phi) is 7.08. The Labute approximate surface area is 155 Å². The van der Waals surface area contributed by atoms with Gasteiger partial charge in [-0.2, -0.15) is 0 Å². The van der Waals surface area contributed by atoms with Crippen molar-refractivity contribution >= 4 is 41.0 Å². The highest BCUT2D eigenvalue weighted by molar-refractivity contribution is 6.34. The normalized spacial score (nSPS) is 14.6. The van der Waals surface area contributed by atoms with Crippen LogP contribution in [0, 0.1) is 5.92 Å². The third-order valence-electron chi connectivity index (χ3n) is 3.82. The predicted octanol–water partition coefficient (Wildman–Crippen LogP) is 2.41. The molecule has 0 saturated heterocycles. The van der Waals surface area contributed by atoms with E-state index in [1.165, 1.54) is 0 Å². The molecule has 6 nitrogen and oxygen atoms in total. The van der Waals surface area contributed by atoms with Crippen LogP contribution in [0.1, 0.15) is 31.2 Å². The van der Waals surface area contributed by atoms with Crippen LogP contribution in [0.3, 0.4) is 0 Å². The fourth-order valence-electron chi connectivity index (χ4n) is 2.38. The molecule has 1 aliphatic rings. The summed E-state index contributed by atoms with van der Waals surface area (Å²) in [5.41, 5.74) is 0.627. The van der Waals surface area contributed by atoms with E-state index in [-0.39, 0.29) is 30.6 Å². The van der Waals surface area contributed by atoms with Crippen molar-refractivity contribution in [1.29, 1.82) is 0 Å². The maximum Gasteiger partial charge on any atom is 0.326 e. The molecule has 1 aliphatic carbocycles. The highest BCUT2D eigenvalue weighted by atomic mass is 35.5. The SMILES string of the molecule is O=C(CCCNC(=O)C1CC1)N[C@H](Cc1cc(Cl)cc(Cl)c1)C(=O)O. The number of carbonyl (C=O) groups is 3. The fourth-order valence-corrected chi connectivity index (χ4v) is 2.95. The number of benzene rings is 1. The van der Waals surface area contributed by atoms with Crippen LogP contribution in [0.2, 0.25) is 10.0 Å². The number of hydrogen-bond donors (Lipinski definition) is 3. The number of carbonyl (C=O) groups excluding carboxylic acids is 2. The Balaban J connectivity index is 1.78. The van der Waals surface area contributed by atoms with Crippen molar-refractivity contribution in [2.75, 3.05) is 6.54 Å². The largest absolute Gasteiger partial charge is 0.480 e. The molecule has 1 fully saturated rings. The Hall–Kier alpha value is -1.79. The number of hydrogen-bond acceptors (Lipinski definition) is 3. The fraction of sp³-hybridized carbons (Fsp3) is 0.471. The first kappa shape index (κ1) is 19.5. The zero-order valence-corrected chi connectivity index (χ0v) is 15.1. The van der Waals surface area contributed by atoms with Gasteiger partial charge in [0.1, 0.15) is 6.04 Å². The van der Waals surface area contributed by atoms with Crippen LogP contribution in [0.4, 0.5) is 0 Å². The minimum absolute atomic E-state index is 0.0293. The molecule has 0 heterocycles. The van der Waals surface area contributed by atoms with E-state index in [9.17, 15) is 19.5 Å². The first-order chi connectivity index (χ1) is 11.8. The van der Waals surface area contributed by atoms with Gasteiger partial charge in [0.2, 0.25) is 11.8 Å². The minimum Gasteiger partial charge on any atom is -0.480 e. The molecule has 0 unspecified atom stereocenters. The number of carboxylic acid groups (broad SMARTS) is 1. The monoisotopic (exact) mass is 386 g/mol. The molecule has 2 amide bonds. The first-order valence-electron chi connectivity index (χ1n) is 8.10. The second-order valence-electron chi connectivity index (χ2n) is 6.11. The average molecular weight is 387 g/mol. The lowest BCUT2D eigenvalue weighted by Gasteiger charge is -2.15. The van der Waals surface area contributed by atoms with E-state index in [2.05, 4.69) is 10.6 Å². The van der Waals surface area contributed by atoms with E-state index < -0.39 is 12.0 Å². The molecule has 0 bridgehead atoms. The van der Waals surface area contributed by atoms with E-state index in [0.29, 0.717) is 28.6 Å². The van der Waals surface area contributed by atoms with Gasteiger partial charge in [-0.3, -0.25) is 9.59 Å². The van der Waals surface area contributed by atoms with E-state index in [4.69, 9.17) is 23.2 Å². The molecular weight excluding hydrogens is 367 g/mol. The van der Waals surface area contributed by atoms with Gasteiger partial charge in [0.05, 0.1) is 0 Å². The van der Waals surface area contributed by atoms with Crippen LogP contribution in [0.5, 0.6) is 0 Å². The van der Waals surface area contributed by atoms with Gasteiger partial charge in [0.25, 0.3) is 0 Å². The molecule has 136 valence electrons. The second-order valence-corrected chi connectivity index (χ2v) is 6.98. The van der Waals surface area contributed by atoms with E-state index in [1.54, 1.807) is 18.2 Å². The van der Waals surface area contributed by atoms with Crippen LogP contribution in [0.25, 0.3) is 0 Å². The second kappa shape index (κ2) is 9.06. The molecule has 1 aromatic rings. The van der Waals surface area contributed by atoms with Crippen molar-refractivity contribution in [2.24, 2.45) is 5.92 Å². The molecule has 25 heavy (non-hydrogen) atoms. The van der Waals surface area contributed by atoms with Gasteiger partial charge in [-0.1, -0.05) is 23.2 Å². The molecule has 1 saturated carbocycles. The topological polar surface area (TPSA) is 95.5 Å². The maximum absolute atomic E-state index is 11.9. The molecule has 3 N–H and O–H groups in total. The van der Waals surface area contributed by atoms with Crippen molar-refractivity contribution in [3.05, 3.63) is 33.8 Å². The van der Waals surface area contributed by atoms with Crippen LogP contribution in [-0.2, 0) is 20.8 Å². The lowest BCUT2D eigenvalue weighted by molar-refractivity contribution is -0.141. The first-order valence-corrected chi connectivity index (χ1v) is 8.85. The number of rotatable bonds is 9. The summed E-state index contributed by atoms with van der Waals surface area (Å²) in [6, 6.07) is 3.71. The Morgan fingerprint density at radius 3 is 2.36 bits per heavy atom. The Morgan fingerprint density at radius 1 is 1.16 bits per heavy atom. The maximum atomic E-state index is 11.9. The Morgan fingerprint density at radius 2 is 1.80 bits per heavy atom. The molecule has 0 radical (unpaired) electrons. The zero-order chi connectivity index (χ0) is 18.4. The van der Waals surface area contributed by atoms with Crippen LogP contribution in [-0.4, -0.2) is 35.5 Å². The van der Waals surface area contributed by atoms with E-state index >= 15 is 0 Å². The van der Waals surface area contributed by atoms with E-state index in [0.717, 1.165) is 12.8 Å². The summed E-state index contributed by atoms with van der Waals surface area (Å²) in [4.78, 5) is 34.8. The van der Waals surface area contributed by atoms with Gasteiger partial charge >= 0.3 is 5.97 Å². The molecule has 0 aromatic heterocycles. The zero-order valence-electron chi connectivity index (χ0n) is 13.6. The number of aliphatic carboxylic acids is 1. The summed E-state index contributed by atoms with van der Waals surface area (Å²) in [5.74, 6) is -1.34. The van der Waals surface area contributed by atoms with Gasteiger partial charge in [0.15, 0.2) is 0 Å². The number of amides is 2. The highest BCUT2D eigenvalue weighted by Crippen LogP contribution is 2.28. The average Bonchev–Trinajstić information content (AvgIpc) is 3.34. The predicted molar refractivity (Wildman–Crippen MR) is 94.7 cm³/mol. The van der Waals surface area contributed by atoms with Gasteiger partial charge in [-0.15, -0.1) is 0 Å². The van der Waals surface area contributed by atoms with Gasteiger partial charge < -0.3 is 15.7 Å². The molecule has 1 atom stereocenters. The summed E-state index contributed by atoms with van der Waals surface area (Å²) >= 11 is 11.8. The van der Waals surface area contributed by atoms with Crippen LogP contribution >= 0.6 is 23.2 Å². The van der Waals surface area contributed by atoms with Gasteiger partial charge in [-0.05, 0) is 43.0 Å². The van der Waals surface area contributed by atoms with Crippen molar-refractivity contribution < 1.29 is 19.5 Å². The third-order valence-corrected chi connectivity index (χ3v) is 4.26. The number of halogens is 2. The summed E-state index contributed by atoms with van der Waals surface area (Å²) < 4.78 is 0. The minimum atomic E-state index is -1.13. The van der Waals surface area contributed by atoms with Gasteiger partial charge in [0, 0.05) is 35.3 Å². The molecule has 2 rings (SSSR count). The summed E-state index contributed by atoms with van der Waals surface area (Å²) in [6.45, 7) is 0.407. The highest BCUT2D eigenvalue weighted by Gasteiger charge is 2.29. The van der Waals surface area contributed by atoms with Crippen molar-refractivity contribution in [3.8, 4) is 0 Å². The number of carboxylic acids is 1. The molecule has 1 aromatic carbocycles.